The van der Waals surface area contributed by atoms with Crippen molar-refractivity contribution >= 4 is 11.3 Å². The highest BCUT2D eigenvalue weighted by atomic mass is 32.1. The van der Waals surface area contributed by atoms with Gasteiger partial charge in [-0.15, -0.1) is 11.3 Å². The quantitative estimate of drug-likeness (QED) is 0.839. The van der Waals surface area contributed by atoms with Crippen molar-refractivity contribution in [1.29, 1.82) is 0 Å². The maximum atomic E-state index is 3.49. The number of hydrogen-bond donors (Lipinski definition) is 1. The van der Waals surface area contributed by atoms with Gasteiger partial charge in [0, 0.05) is 9.75 Å². The SMILES string of the molecule is CNC(c1cccc(C2CCC2)c1)c1cc(C)c(C)s1. The van der Waals surface area contributed by atoms with Crippen molar-refractivity contribution in [2.24, 2.45) is 0 Å². The molecule has 1 aliphatic rings. The Morgan fingerprint density at radius 1 is 1.20 bits per heavy atom. The number of aryl methyl sites for hydroxylation is 2. The van der Waals surface area contributed by atoms with E-state index in [1.807, 2.05) is 11.3 Å². The minimum atomic E-state index is 0.326. The second-order valence-electron chi connectivity index (χ2n) is 5.91. The Labute approximate surface area is 126 Å². The summed E-state index contributed by atoms with van der Waals surface area (Å²) < 4.78 is 0. The number of thiophene rings is 1. The topological polar surface area (TPSA) is 12.0 Å². The summed E-state index contributed by atoms with van der Waals surface area (Å²) in [5.41, 5.74) is 4.33. The van der Waals surface area contributed by atoms with Gasteiger partial charge in [-0.25, -0.2) is 0 Å². The lowest BCUT2D eigenvalue weighted by atomic mass is 9.79. The van der Waals surface area contributed by atoms with E-state index in [0.717, 1.165) is 5.92 Å². The molecule has 2 aromatic rings. The molecule has 1 atom stereocenters. The molecule has 1 aromatic heterocycles. The van der Waals surface area contributed by atoms with Gasteiger partial charge in [0.1, 0.15) is 0 Å². The van der Waals surface area contributed by atoms with Crippen LogP contribution in [0.1, 0.15) is 57.7 Å². The third-order valence-corrected chi connectivity index (χ3v) is 5.80. The molecule has 1 heterocycles. The summed E-state index contributed by atoms with van der Waals surface area (Å²) in [6.45, 7) is 4.41. The molecule has 0 aliphatic heterocycles. The average Bonchev–Trinajstić information content (AvgIpc) is 2.69. The summed E-state index contributed by atoms with van der Waals surface area (Å²) >= 11 is 1.91. The molecule has 1 aliphatic carbocycles. The average molecular weight is 285 g/mol. The summed E-state index contributed by atoms with van der Waals surface area (Å²) in [6.07, 6.45) is 4.13. The van der Waals surface area contributed by atoms with Crippen LogP contribution in [0.2, 0.25) is 0 Å². The maximum Gasteiger partial charge on any atom is 0.0668 e. The largest absolute Gasteiger partial charge is 0.309 e. The van der Waals surface area contributed by atoms with Crippen molar-refractivity contribution in [3.63, 3.8) is 0 Å². The molecule has 106 valence electrons. The highest BCUT2D eigenvalue weighted by Gasteiger charge is 2.21. The van der Waals surface area contributed by atoms with Crippen LogP contribution in [0, 0.1) is 13.8 Å². The number of nitrogens with one attached hydrogen (secondary N) is 1. The van der Waals surface area contributed by atoms with Crippen LogP contribution >= 0.6 is 11.3 Å². The summed E-state index contributed by atoms with van der Waals surface area (Å²) in [7, 11) is 2.06. The van der Waals surface area contributed by atoms with E-state index in [1.54, 1.807) is 0 Å². The first-order valence-electron chi connectivity index (χ1n) is 7.53. The van der Waals surface area contributed by atoms with Crippen molar-refractivity contribution in [2.75, 3.05) is 7.05 Å². The fourth-order valence-electron chi connectivity index (χ4n) is 2.95. The monoisotopic (exact) mass is 285 g/mol. The van der Waals surface area contributed by atoms with Crippen LogP contribution in [-0.2, 0) is 0 Å². The molecule has 1 N–H and O–H groups in total. The van der Waals surface area contributed by atoms with Gasteiger partial charge in [0.25, 0.3) is 0 Å². The summed E-state index contributed by atoms with van der Waals surface area (Å²) in [6, 6.07) is 11.8. The highest BCUT2D eigenvalue weighted by molar-refractivity contribution is 7.12. The number of rotatable bonds is 4. The van der Waals surface area contributed by atoms with Gasteiger partial charge >= 0.3 is 0 Å². The zero-order valence-corrected chi connectivity index (χ0v) is 13.4. The third kappa shape index (κ3) is 2.55. The molecule has 0 radical (unpaired) electrons. The van der Waals surface area contributed by atoms with Crippen LogP contribution in [-0.4, -0.2) is 7.05 Å². The zero-order valence-electron chi connectivity index (χ0n) is 12.6. The smallest absolute Gasteiger partial charge is 0.0668 e. The van der Waals surface area contributed by atoms with Crippen LogP contribution in [0.25, 0.3) is 0 Å². The first-order valence-corrected chi connectivity index (χ1v) is 8.34. The molecular formula is C18H23NS. The molecule has 3 rings (SSSR count). The third-order valence-electron chi connectivity index (χ3n) is 4.58. The molecule has 1 unspecified atom stereocenters. The molecule has 20 heavy (non-hydrogen) atoms. The van der Waals surface area contributed by atoms with Gasteiger partial charge in [-0.2, -0.15) is 0 Å². The Kier molecular flexibility index (Phi) is 3.95. The lowest BCUT2D eigenvalue weighted by molar-refractivity contribution is 0.419. The van der Waals surface area contributed by atoms with Crippen LogP contribution in [0.5, 0.6) is 0 Å². The molecule has 0 saturated heterocycles. The standard InChI is InChI=1S/C18H23NS/c1-12-10-17(20-13(12)2)18(19-3)16-9-5-8-15(11-16)14-6-4-7-14/h5,8-11,14,18-19H,4,6-7H2,1-3H3. The van der Waals surface area contributed by atoms with Gasteiger partial charge in [-0.3, -0.25) is 0 Å². The molecule has 1 saturated carbocycles. The van der Waals surface area contributed by atoms with Gasteiger partial charge < -0.3 is 5.32 Å². The first kappa shape index (κ1) is 13.8. The summed E-state index contributed by atoms with van der Waals surface area (Å²) in [5, 5.41) is 3.49. The fourth-order valence-corrected chi connectivity index (χ4v) is 4.13. The lowest BCUT2D eigenvalue weighted by Gasteiger charge is -2.27. The van der Waals surface area contributed by atoms with Gasteiger partial charge in [-0.1, -0.05) is 30.7 Å². The van der Waals surface area contributed by atoms with E-state index in [-0.39, 0.29) is 0 Å². The lowest BCUT2D eigenvalue weighted by Crippen LogP contribution is -2.17. The second kappa shape index (κ2) is 5.71. The first-order chi connectivity index (χ1) is 9.69. The molecular weight excluding hydrogens is 262 g/mol. The maximum absolute atomic E-state index is 3.49. The van der Waals surface area contributed by atoms with Crippen molar-refractivity contribution in [3.05, 3.63) is 56.8 Å². The number of benzene rings is 1. The van der Waals surface area contributed by atoms with E-state index in [9.17, 15) is 0 Å². The molecule has 1 fully saturated rings. The fraction of sp³-hybridized carbons (Fsp3) is 0.444. The van der Waals surface area contributed by atoms with Crippen LogP contribution in [0.3, 0.4) is 0 Å². The minimum absolute atomic E-state index is 0.326. The molecule has 0 spiro atoms. The molecule has 0 amide bonds. The van der Waals surface area contributed by atoms with Gasteiger partial charge in [0.2, 0.25) is 0 Å². The molecule has 0 bridgehead atoms. The zero-order chi connectivity index (χ0) is 14.1. The second-order valence-corrected chi connectivity index (χ2v) is 7.20. The van der Waals surface area contributed by atoms with E-state index in [0.29, 0.717) is 6.04 Å². The Bertz CT molecular complexity index is 576. The predicted molar refractivity (Wildman–Crippen MR) is 87.7 cm³/mol. The van der Waals surface area contributed by atoms with E-state index < -0.39 is 0 Å². The van der Waals surface area contributed by atoms with Crippen LogP contribution < -0.4 is 5.32 Å². The Morgan fingerprint density at radius 2 is 2.00 bits per heavy atom. The van der Waals surface area contributed by atoms with Crippen LogP contribution in [0.4, 0.5) is 0 Å². The van der Waals surface area contributed by atoms with E-state index in [4.69, 9.17) is 0 Å². The van der Waals surface area contributed by atoms with E-state index >= 15 is 0 Å². The van der Waals surface area contributed by atoms with Crippen molar-refractivity contribution < 1.29 is 0 Å². The van der Waals surface area contributed by atoms with E-state index in [2.05, 4.69) is 56.5 Å². The van der Waals surface area contributed by atoms with Gasteiger partial charge in [0.15, 0.2) is 0 Å². The Balaban J connectivity index is 1.92. The Morgan fingerprint density at radius 3 is 2.55 bits per heavy atom. The predicted octanol–water partition coefficient (Wildman–Crippen LogP) is 4.94. The van der Waals surface area contributed by atoms with Gasteiger partial charge in [0.05, 0.1) is 6.04 Å². The van der Waals surface area contributed by atoms with Crippen molar-refractivity contribution in [3.8, 4) is 0 Å². The molecule has 1 aromatic carbocycles. The summed E-state index contributed by atoms with van der Waals surface area (Å²) in [5.74, 6) is 0.805. The normalized spacial score (nSPS) is 16.9. The Hall–Kier alpha value is -1.12. The van der Waals surface area contributed by atoms with Crippen molar-refractivity contribution in [1.82, 2.24) is 5.32 Å². The van der Waals surface area contributed by atoms with Gasteiger partial charge in [-0.05, 0) is 62.4 Å². The summed E-state index contributed by atoms with van der Waals surface area (Å²) in [4.78, 5) is 2.85. The van der Waals surface area contributed by atoms with E-state index in [1.165, 1.54) is 45.7 Å². The molecule has 2 heteroatoms. The molecule has 1 nitrogen and oxygen atoms in total. The van der Waals surface area contributed by atoms with Crippen LogP contribution in [0.15, 0.2) is 30.3 Å². The highest BCUT2D eigenvalue weighted by Crippen LogP contribution is 2.38. The number of hydrogen-bond acceptors (Lipinski definition) is 2. The minimum Gasteiger partial charge on any atom is -0.309 e. The van der Waals surface area contributed by atoms with Crippen molar-refractivity contribution in [2.45, 2.75) is 45.1 Å².